The van der Waals surface area contributed by atoms with Crippen LogP contribution in [0.2, 0.25) is 0 Å². The number of hydrogen-bond donors (Lipinski definition) is 0. The zero-order valence-electron chi connectivity index (χ0n) is 11.4. The lowest BCUT2D eigenvalue weighted by Gasteiger charge is -2.18. The number of hydrogen-bond acceptors (Lipinski definition) is 1. The zero-order valence-corrected chi connectivity index (χ0v) is 12.9. The van der Waals surface area contributed by atoms with Gasteiger partial charge in [0.1, 0.15) is 5.82 Å². The molecule has 2 aromatic rings. The van der Waals surface area contributed by atoms with Crippen molar-refractivity contribution < 1.29 is 9.18 Å². The summed E-state index contributed by atoms with van der Waals surface area (Å²) in [6.45, 7) is 2.32. The maximum absolute atomic E-state index is 13.1. The highest BCUT2D eigenvalue weighted by molar-refractivity contribution is 9.10. The Morgan fingerprint density at radius 3 is 2.65 bits per heavy atom. The lowest BCUT2D eigenvalue weighted by Crippen LogP contribution is -2.26. The molecule has 0 aromatic heterocycles. The number of benzene rings is 2. The summed E-state index contributed by atoms with van der Waals surface area (Å²) in [4.78, 5) is 13.9. The fourth-order valence-corrected chi connectivity index (χ4v) is 2.67. The Bertz CT molecular complexity index is 622. The van der Waals surface area contributed by atoms with Gasteiger partial charge in [0.2, 0.25) is 0 Å². The van der Waals surface area contributed by atoms with Crippen LogP contribution in [0.25, 0.3) is 0 Å². The second kappa shape index (κ2) is 6.18. The highest BCUT2D eigenvalue weighted by Crippen LogP contribution is 2.17. The van der Waals surface area contributed by atoms with Gasteiger partial charge in [-0.25, -0.2) is 4.39 Å². The first-order chi connectivity index (χ1) is 9.45. The van der Waals surface area contributed by atoms with E-state index in [0.717, 1.165) is 15.6 Å². The van der Waals surface area contributed by atoms with Crippen molar-refractivity contribution >= 4 is 21.8 Å². The van der Waals surface area contributed by atoms with E-state index in [9.17, 15) is 9.18 Å². The monoisotopic (exact) mass is 335 g/mol. The molecule has 0 spiro atoms. The van der Waals surface area contributed by atoms with E-state index >= 15 is 0 Å². The van der Waals surface area contributed by atoms with Gasteiger partial charge in [0, 0.05) is 23.6 Å². The van der Waals surface area contributed by atoms with Gasteiger partial charge in [-0.3, -0.25) is 4.79 Å². The molecule has 0 fully saturated rings. The van der Waals surface area contributed by atoms with Crippen molar-refractivity contribution in [3.05, 3.63) is 69.4 Å². The Hall–Kier alpha value is -1.68. The maximum Gasteiger partial charge on any atom is 0.253 e. The standard InChI is InChI=1S/C16H15BrFNO/c1-11-6-13(9-14(17)7-11)16(20)19(2)10-12-4-3-5-15(18)8-12/h3-9H,10H2,1-2H3. The molecule has 2 rings (SSSR count). The van der Waals surface area contributed by atoms with Crippen molar-refractivity contribution in [2.75, 3.05) is 7.05 Å². The van der Waals surface area contributed by atoms with Crippen LogP contribution in [0.4, 0.5) is 4.39 Å². The number of halogens is 2. The summed E-state index contributed by atoms with van der Waals surface area (Å²) in [7, 11) is 1.71. The Kier molecular flexibility index (Phi) is 4.55. The summed E-state index contributed by atoms with van der Waals surface area (Å²) in [6.07, 6.45) is 0. The van der Waals surface area contributed by atoms with Gasteiger partial charge >= 0.3 is 0 Å². The summed E-state index contributed by atoms with van der Waals surface area (Å²) >= 11 is 3.39. The summed E-state index contributed by atoms with van der Waals surface area (Å²) in [5.41, 5.74) is 2.41. The molecule has 0 radical (unpaired) electrons. The average molecular weight is 336 g/mol. The minimum Gasteiger partial charge on any atom is -0.337 e. The van der Waals surface area contributed by atoms with Crippen LogP contribution in [0.15, 0.2) is 46.9 Å². The van der Waals surface area contributed by atoms with Crippen molar-refractivity contribution in [3.8, 4) is 0 Å². The van der Waals surface area contributed by atoms with Crippen molar-refractivity contribution in [2.45, 2.75) is 13.5 Å². The van der Waals surface area contributed by atoms with Crippen LogP contribution in [-0.2, 0) is 6.54 Å². The van der Waals surface area contributed by atoms with E-state index < -0.39 is 0 Å². The molecule has 2 aromatic carbocycles. The van der Waals surface area contributed by atoms with Gasteiger partial charge in [-0.1, -0.05) is 28.1 Å². The number of rotatable bonds is 3. The third-order valence-electron chi connectivity index (χ3n) is 2.94. The molecule has 4 heteroatoms. The number of carbonyl (C=O) groups is 1. The molecule has 0 aliphatic rings. The quantitative estimate of drug-likeness (QED) is 0.824. The number of nitrogens with zero attached hydrogens (tertiary/aromatic N) is 1. The Morgan fingerprint density at radius 2 is 2.00 bits per heavy atom. The van der Waals surface area contributed by atoms with Crippen LogP contribution < -0.4 is 0 Å². The van der Waals surface area contributed by atoms with Gasteiger partial charge < -0.3 is 4.90 Å². The lowest BCUT2D eigenvalue weighted by molar-refractivity contribution is 0.0785. The SMILES string of the molecule is Cc1cc(Br)cc(C(=O)N(C)Cc2cccc(F)c2)c1. The molecule has 0 aliphatic heterocycles. The topological polar surface area (TPSA) is 20.3 Å². The minimum absolute atomic E-state index is 0.0846. The fourth-order valence-electron chi connectivity index (χ4n) is 2.06. The highest BCUT2D eigenvalue weighted by Gasteiger charge is 2.13. The minimum atomic E-state index is -0.290. The molecule has 0 atom stereocenters. The normalized spacial score (nSPS) is 10.4. The van der Waals surface area contributed by atoms with Crippen molar-refractivity contribution in [1.29, 1.82) is 0 Å². The molecule has 0 aliphatic carbocycles. The molecule has 0 N–H and O–H groups in total. The van der Waals surface area contributed by atoms with Gasteiger partial charge in [0.25, 0.3) is 5.91 Å². The van der Waals surface area contributed by atoms with Crippen LogP contribution in [-0.4, -0.2) is 17.9 Å². The zero-order chi connectivity index (χ0) is 14.7. The third-order valence-corrected chi connectivity index (χ3v) is 3.40. The second-order valence-electron chi connectivity index (χ2n) is 4.81. The predicted molar refractivity (Wildman–Crippen MR) is 81.1 cm³/mol. The number of aryl methyl sites for hydroxylation is 1. The predicted octanol–water partition coefficient (Wildman–Crippen LogP) is 4.17. The molecule has 0 unspecified atom stereocenters. The first-order valence-corrected chi connectivity index (χ1v) is 7.02. The number of carbonyl (C=O) groups excluding carboxylic acids is 1. The van der Waals surface area contributed by atoms with Crippen molar-refractivity contribution in [3.63, 3.8) is 0 Å². The van der Waals surface area contributed by atoms with Gasteiger partial charge in [-0.15, -0.1) is 0 Å². The molecule has 0 saturated carbocycles. The number of amides is 1. The Labute approximate surface area is 126 Å². The molecule has 104 valence electrons. The molecular formula is C16H15BrFNO. The van der Waals surface area contributed by atoms with E-state index in [0.29, 0.717) is 12.1 Å². The first kappa shape index (κ1) is 14.7. The van der Waals surface area contributed by atoms with Crippen LogP contribution in [0.1, 0.15) is 21.5 Å². The summed E-state index contributed by atoms with van der Waals surface area (Å²) in [5.74, 6) is -0.375. The van der Waals surface area contributed by atoms with E-state index in [2.05, 4.69) is 15.9 Å². The molecule has 0 bridgehead atoms. The molecule has 0 saturated heterocycles. The van der Waals surface area contributed by atoms with E-state index in [1.807, 2.05) is 19.1 Å². The summed E-state index contributed by atoms with van der Waals surface area (Å²) in [5, 5.41) is 0. The van der Waals surface area contributed by atoms with Gasteiger partial charge in [-0.2, -0.15) is 0 Å². The smallest absolute Gasteiger partial charge is 0.253 e. The maximum atomic E-state index is 13.1. The van der Waals surface area contributed by atoms with E-state index in [-0.39, 0.29) is 11.7 Å². The van der Waals surface area contributed by atoms with E-state index in [1.54, 1.807) is 30.1 Å². The molecule has 20 heavy (non-hydrogen) atoms. The van der Waals surface area contributed by atoms with Crippen LogP contribution in [0.5, 0.6) is 0 Å². The van der Waals surface area contributed by atoms with Crippen molar-refractivity contribution in [2.24, 2.45) is 0 Å². The second-order valence-corrected chi connectivity index (χ2v) is 5.72. The van der Waals surface area contributed by atoms with E-state index in [4.69, 9.17) is 0 Å². The fraction of sp³-hybridized carbons (Fsp3) is 0.188. The summed E-state index contributed by atoms with van der Waals surface area (Å²) < 4.78 is 14.0. The highest BCUT2D eigenvalue weighted by atomic mass is 79.9. The van der Waals surface area contributed by atoms with Crippen LogP contribution >= 0.6 is 15.9 Å². The Balaban J connectivity index is 2.16. The summed E-state index contributed by atoms with van der Waals surface area (Å²) in [6, 6.07) is 11.9. The Morgan fingerprint density at radius 1 is 1.25 bits per heavy atom. The first-order valence-electron chi connectivity index (χ1n) is 6.23. The molecular weight excluding hydrogens is 321 g/mol. The lowest BCUT2D eigenvalue weighted by atomic mass is 10.1. The van der Waals surface area contributed by atoms with Gasteiger partial charge in [0.05, 0.1) is 0 Å². The van der Waals surface area contributed by atoms with Crippen LogP contribution in [0.3, 0.4) is 0 Å². The van der Waals surface area contributed by atoms with E-state index in [1.165, 1.54) is 12.1 Å². The van der Waals surface area contributed by atoms with Crippen molar-refractivity contribution in [1.82, 2.24) is 4.90 Å². The largest absolute Gasteiger partial charge is 0.337 e. The van der Waals surface area contributed by atoms with Gasteiger partial charge in [-0.05, 0) is 48.4 Å². The third kappa shape index (κ3) is 3.67. The molecule has 1 amide bonds. The van der Waals surface area contributed by atoms with Crippen LogP contribution in [0, 0.1) is 12.7 Å². The molecule has 2 nitrogen and oxygen atoms in total. The van der Waals surface area contributed by atoms with Gasteiger partial charge in [0.15, 0.2) is 0 Å². The molecule has 0 heterocycles. The average Bonchev–Trinajstić information content (AvgIpc) is 2.36.